The van der Waals surface area contributed by atoms with Crippen LogP contribution in [-0.4, -0.2) is 45.6 Å². The van der Waals surface area contributed by atoms with Crippen molar-refractivity contribution in [2.45, 2.75) is 6.04 Å². The second-order valence-corrected chi connectivity index (χ2v) is 8.99. The summed E-state index contributed by atoms with van der Waals surface area (Å²) in [6.07, 6.45) is 3.56. The van der Waals surface area contributed by atoms with Gasteiger partial charge in [0.2, 0.25) is 0 Å². The standard InChI is InChI=1S/C31H25N5O/c37-31(36-19-18-33-21-30(36)24-7-2-1-3-8-24)25-11-13-29-27(20-25)28(34-35-29)12-10-22-6-4-5-9-26(22)23-14-16-32-17-15-23/h1-9,11,13-17,20,30,33H,18-19,21H2,(H,34,35)/t30-/m0/s1. The molecule has 6 nitrogen and oxygen atoms in total. The maximum atomic E-state index is 13.7. The monoisotopic (exact) mass is 483 g/mol. The highest BCUT2D eigenvalue weighted by Crippen LogP contribution is 2.26. The molecule has 0 unspecified atom stereocenters. The van der Waals surface area contributed by atoms with E-state index in [1.807, 2.05) is 71.6 Å². The lowest BCUT2D eigenvalue weighted by Crippen LogP contribution is -2.48. The molecular weight excluding hydrogens is 458 g/mol. The van der Waals surface area contributed by atoms with Gasteiger partial charge in [-0.25, -0.2) is 0 Å². The fourth-order valence-corrected chi connectivity index (χ4v) is 4.83. The number of pyridine rings is 1. The number of nitrogens with zero attached hydrogens (tertiary/aromatic N) is 3. The molecule has 180 valence electrons. The third-order valence-corrected chi connectivity index (χ3v) is 6.73. The van der Waals surface area contributed by atoms with Crippen LogP contribution in [0, 0.1) is 11.8 Å². The number of H-pyrrole nitrogens is 1. The fourth-order valence-electron chi connectivity index (χ4n) is 4.83. The highest BCUT2D eigenvalue weighted by molar-refractivity contribution is 5.99. The minimum atomic E-state index is -0.00792. The smallest absolute Gasteiger partial charge is 0.254 e. The van der Waals surface area contributed by atoms with Crippen molar-refractivity contribution in [3.63, 3.8) is 0 Å². The maximum absolute atomic E-state index is 13.7. The summed E-state index contributed by atoms with van der Waals surface area (Å²) >= 11 is 0. The van der Waals surface area contributed by atoms with E-state index in [0.29, 0.717) is 17.8 Å². The molecule has 6 rings (SSSR count). The molecule has 0 bridgehead atoms. The molecule has 37 heavy (non-hydrogen) atoms. The van der Waals surface area contributed by atoms with Crippen LogP contribution in [0.2, 0.25) is 0 Å². The molecule has 0 aliphatic carbocycles. The SMILES string of the molecule is O=C(c1ccc2[nH]nc(C#Cc3ccccc3-c3ccncc3)c2c1)N1CCNC[C@H]1c1ccccc1. The second kappa shape index (κ2) is 10.1. The first-order valence-corrected chi connectivity index (χ1v) is 12.3. The molecule has 1 aliphatic rings. The van der Waals surface area contributed by atoms with E-state index in [1.165, 1.54) is 0 Å². The lowest BCUT2D eigenvalue weighted by atomic mass is 10.0. The molecule has 3 aromatic carbocycles. The number of rotatable bonds is 3. The molecule has 5 aromatic rings. The fraction of sp³-hybridized carbons (Fsp3) is 0.129. The number of hydrogen-bond acceptors (Lipinski definition) is 4. The Morgan fingerprint density at radius 3 is 2.59 bits per heavy atom. The Morgan fingerprint density at radius 2 is 1.73 bits per heavy atom. The van der Waals surface area contributed by atoms with Crippen LogP contribution in [0.4, 0.5) is 0 Å². The Morgan fingerprint density at radius 1 is 0.919 bits per heavy atom. The molecule has 1 aliphatic heterocycles. The van der Waals surface area contributed by atoms with Crippen molar-refractivity contribution >= 4 is 16.8 Å². The van der Waals surface area contributed by atoms with Gasteiger partial charge in [-0.3, -0.25) is 14.9 Å². The molecule has 2 N–H and O–H groups in total. The lowest BCUT2D eigenvalue weighted by Gasteiger charge is -2.36. The summed E-state index contributed by atoms with van der Waals surface area (Å²) in [6, 6.07) is 27.8. The van der Waals surface area contributed by atoms with Crippen molar-refractivity contribution in [2.24, 2.45) is 0 Å². The average molecular weight is 484 g/mol. The van der Waals surface area contributed by atoms with Gasteiger partial charge in [-0.1, -0.05) is 54.5 Å². The normalized spacial score (nSPS) is 15.2. The number of hydrogen-bond donors (Lipinski definition) is 2. The molecule has 1 saturated heterocycles. The molecule has 1 amide bonds. The van der Waals surface area contributed by atoms with Crippen molar-refractivity contribution < 1.29 is 4.79 Å². The van der Waals surface area contributed by atoms with Crippen LogP contribution >= 0.6 is 0 Å². The van der Waals surface area contributed by atoms with Crippen molar-refractivity contribution in [3.8, 4) is 23.0 Å². The van der Waals surface area contributed by atoms with Crippen LogP contribution < -0.4 is 5.32 Å². The predicted molar refractivity (Wildman–Crippen MR) is 145 cm³/mol. The molecule has 1 fully saturated rings. The summed E-state index contributed by atoms with van der Waals surface area (Å²) in [5.41, 5.74) is 6.24. The Labute approximate surface area is 215 Å². The summed E-state index contributed by atoms with van der Waals surface area (Å²) < 4.78 is 0. The van der Waals surface area contributed by atoms with E-state index in [2.05, 4.69) is 50.5 Å². The number of carbonyl (C=O) groups is 1. The third kappa shape index (κ3) is 4.61. The zero-order chi connectivity index (χ0) is 25.0. The minimum Gasteiger partial charge on any atom is -0.329 e. The van der Waals surface area contributed by atoms with E-state index in [0.717, 1.165) is 46.2 Å². The van der Waals surface area contributed by atoms with Crippen LogP contribution in [-0.2, 0) is 0 Å². The first-order chi connectivity index (χ1) is 18.3. The van der Waals surface area contributed by atoms with Gasteiger partial charge in [0.1, 0.15) is 5.69 Å². The van der Waals surface area contributed by atoms with Crippen molar-refractivity contribution in [2.75, 3.05) is 19.6 Å². The molecular formula is C31H25N5O. The van der Waals surface area contributed by atoms with Crippen molar-refractivity contribution in [3.05, 3.63) is 120 Å². The first kappa shape index (κ1) is 22.7. The van der Waals surface area contributed by atoms with Crippen molar-refractivity contribution in [1.82, 2.24) is 25.4 Å². The van der Waals surface area contributed by atoms with Crippen LogP contribution in [0.15, 0.2) is 97.3 Å². The number of aromatic nitrogens is 3. The molecule has 6 heteroatoms. The average Bonchev–Trinajstić information content (AvgIpc) is 3.39. The van der Waals surface area contributed by atoms with Crippen LogP contribution in [0.25, 0.3) is 22.0 Å². The highest BCUT2D eigenvalue weighted by atomic mass is 16.2. The molecule has 0 spiro atoms. The number of amides is 1. The number of piperazine rings is 1. The van der Waals surface area contributed by atoms with Gasteiger partial charge in [-0.2, -0.15) is 5.10 Å². The van der Waals surface area contributed by atoms with Gasteiger partial charge in [0.25, 0.3) is 5.91 Å². The zero-order valence-electron chi connectivity index (χ0n) is 20.2. The van der Waals surface area contributed by atoms with E-state index < -0.39 is 0 Å². The molecule has 0 saturated carbocycles. The highest BCUT2D eigenvalue weighted by Gasteiger charge is 2.28. The van der Waals surface area contributed by atoms with Crippen molar-refractivity contribution in [1.29, 1.82) is 0 Å². The third-order valence-electron chi connectivity index (χ3n) is 6.73. The van der Waals surface area contributed by atoms with Gasteiger partial charge in [-0.15, -0.1) is 0 Å². The van der Waals surface area contributed by atoms with E-state index >= 15 is 0 Å². The van der Waals surface area contributed by atoms with Gasteiger partial charge in [0.15, 0.2) is 0 Å². The Hall–Kier alpha value is -4.73. The summed E-state index contributed by atoms with van der Waals surface area (Å²) in [5, 5.41) is 11.8. The number of aromatic amines is 1. The Kier molecular flexibility index (Phi) is 6.20. The van der Waals surface area contributed by atoms with Crippen LogP contribution in [0.1, 0.15) is 33.2 Å². The second-order valence-electron chi connectivity index (χ2n) is 8.99. The molecule has 3 heterocycles. The molecule has 0 radical (unpaired) electrons. The van der Waals surface area contributed by atoms with E-state index in [4.69, 9.17) is 0 Å². The predicted octanol–water partition coefficient (Wildman–Crippen LogP) is 4.81. The molecule has 1 atom stereocenters. The van der Waals surface area contributed by atoms with Gasteiger partial charge in [0.05, 0.1) is 11.6 Å². The summed E-state index contributed by atoms with van der Waals surface area (Å²) in [4.78, 5) is 19.7. The van der Waals surface area contributed by atoms with Crippen LogP contribution in [0.5, 0.6) is 0 Å². The largest absolute Gasteiger partial charge is 0.329 e. The summed E-state index contributed by atoms with van der Waals surface area (Å²) in [7, 11) is 0. The van der Waals surface area contributed by atoms with Crippen LogP contribution in [0.3, 0.4) is 0 Å². The van der Waals surface area contributed by atoms with Gasteiger partial charge >= 0.3 is 0 Å². The summed E-state index contributed by atoms with van der Waals surface area (Å²) in [5.74, 6) is 6.54. The number of benzene rings is 3. The summed E-state index contributed by atoms with van der Waals surface area (Å²) in [6.45, 7) is 2.16. The quantitative estimate of drug-likeness (QED) is 0.361. The number of carbonyl (C=O) groups excluding carboxylic acids is 1. The Bertz CT molecular complexity index is 1620. The van der Waals surface area contributed by atoms with E-state index in [-0.39, 0.29) is 11.9 Å². The lowest BCUT2D eigenvalue weighted by molar-refractivity contribution is 0.0634. The van der Waals surface area contributed by atoms with Gasteiger partial charge in [0, 0.05) is 48.5 Å². The minimum absolute atomic E-state index is 0.00792. The molecule has 2 aromatic heterocycles. The van der Waals surface area contributed by atoms with Gasteiger partial charge < -0.3 is 10.2 Å². The zero-order valence-corrected chi connectivity index (χ0v) is 20.2. The first-order valence-electron chi connectivity index (χ1n) is 12.3. The van der Waals surface area contributed by atoms with E-state index in [9.17, 15) is 4.79 Å². The van der Waals surface area contributed by atoms with Gasteiger partial charge in [-0.05, 0) is 59.0 Å². The number of nitrogens with one attached hydrogen (secondary N) is 2. The Balaban J connectivity index is 1.33. The number of fused-ring (bicyclic) bond motifs is 1. The van der Waals surface area contributed by atoms with E-state index in [1.54, 1.807) is 12.4 Å². The topological polar surface area (TPSA) is 73.9 Å². The maximum Gasteiger partial charge on any atom is 0.254 e.